The number of nitrogens with zero attached hydrogens (tertiary/aromatic N) is 2. The van der Waals surface area contributed by atoms with Crippen LogP contribution in [0.25, 0.3) is 6.08 Å². The van der Waals surface area contributed by atoms with Crippen molar-refractivity contribution in [3.8, 4) is 11.8 Å². The molecule has 0 unspecified atom stereocenters. The molecule has 0 aliphatic heterocycles. The zero-order valence-electron chi connectivity index (χ0n) is 14.7. The van der Waals surface area contributed by atoms with E-state index < -0.39 is 0 Å². The predicted molar refractivity (Wildman–Crippen MR) is 101 cm³/mol. The second-order valence-electron chi connectivity index (χ2n) is 5.79. The Morgan fingerprint density at radius 1 is 1.11 bits per heavy atom. The van der Waals surface area contributed by atoms with E-state index in [1.165, 1.54) is 18.2 Å². The largest absolute Gasteiger partial charge is 0.424 e. The van der Waals surface area contributed by atoms with Crippen LogP contribution in [-0.4, -0.2) is 15.9 Å². The number of benzene rings is 2. The smallest absolute Gasteiger partial charge is 0.321 e. The fraction of sp³-hybridized carbons (Fsp3) is 0.0952. The van der Waals surface area contributed by atoms with Gasteiger partial charge in [-0.25, -0.2) is 14.4 Å². The first-order valence-corrected chi connectivity index (χ1v) is 8.40. The van der Waals surface area contributed by atoms with Gasteiger partial charge in [-0.1, -0.05) is 30.3 Å². The minimum Gasteiger partial charge on any atom is -0.424 e. The Morgan fingerprint density at radius 2 is 1.89 bits per heavy atom. The highest BCUT2D eigenvalue weighted by Gasteiger charge is 2.09. The molecule has 0 bridgehead atoms. The first-order chi connectivity index (χ1) is 13.1. The lowest BCUT2D eigenvalue weighted by atomic mass is 10.1. The summed E-state index contributed by atoms with van der Waals surface area (Å²) in [5, 5.41) is 2.84. The summed E-state index contributed by atoms with van der Waals surface area (Å²) in [4.78, 5) is 20.1. The zero-order valence-corrected chi connectivity index (χ0v) is 14.7. The molecule has 1 heterocycles. The van der Waals surface area contributed by atoms with Crippen LogP contribution in [0.3, 0.4) is 0 Å². The van der Waals surface area contributed by atoms with E-state index in [1.54, 1.807) is 42.7 Å². The van der Waals surface area contributed by atoms with Gasteiger partial charge in [0.2, 0.25) is 5.91 Å². The molecule has 0 aliphatic carbocycles. The molecular weight excluding hydrogens is 345 g/mol. The monoisotopic (exact) mass is 363 g/mol. The highest BCUT2D eigenvalue weighted by molar-refractivity contribution is 5.92. The molecule has 27 heavy (non-hydrogen) atoms. The molecule has 1 atom stereocenters. The highest BCUT2D eigenvalue weighted by atomic mass is 19.1. The molecule has 0 saturated heterocycles. The van der Waals surface area contributed by atoms with E-state index in [-0.39, 0.29) is 23.8 Å². The number of hydrogen-bond donors (Lipinski definition) is 1. The van der Waals surface area contributed by atoms with Gasteiger partial charge in [0.1, 0.15) is 11.6 Å². The lowest BCUT2D eigenvalue weighted by Crippen LogP contribution is -2.24. The number of amides is 1. The minimum atomic E-state index is -0.373. The molecule has 6 heteroatoms. The molecule has 1 aromatic heterocycles. The van der Waals surface area contributed by atoms with Gasteiger partial charge in [0.15, 0.2) is 0 Å². The van der Waals surface area contributed by atoms with E-state index in [9.17, 15) is 9.18 Å². The van der Waals surface area contributed by atoms with Gasteiger partial charge < -0.3 is 10.1 Å². The van der Waals surface area contributed by atoms with Crippen molar-refractivity contribution >= 4 is 12.0 Å². The Kier molecular flexibility index (Phi) is 5.89. The average molecular weight is 363 g/mol. The number of halogens is 1. The van der Waals surface area contributed by atoms with E-state index >= 15 is 0 Å². The number of rotatable bonds is 6. The molecule has 0 radical (unpaired) electrons. The van der Waals surface area contributed by atoms with E-state index in [1.807, 2.05) is 25.1 Å². The van der Waals surface area contributed by atoms with E-state index in [2.05, 4.69) is 15.3 Å². The summed E-state index contributed by atoms with van der Waals surface area (Å²) in [5.41, 5.74) is 1.22. The van der Waals surface area contributed by atoms with Gasteiger partial charge in [-0.2, -0.15) is 0 Å². The summed E-state index contributed by atoms with van der Waals surface area (Å²) < 4.78 is 19.2. The molecule has 0 aliphatic rings. The Hall–Kier alpha value is -3.54. The van der Waals surface area contributed by atoms with Crippen molar-refractivity contribution in [2.24, 2.45) is 0 Å². The molecule has 0 fully saturated rings. The molecule has 3 aromatic rings. The first kappa shape index (κ1) is 18.3. The average Bonchev–Trinajstić information content (AvgIpc) is 2.68. The summed E-state index contributed by atoms with van der Waals surface area (Å²) in [6.45, 7) is 1.85. The number of nitrogens with one attached hydrogen (secondary N) is 1. The number of hydrogen-bond acceptors (Lipinski definition) is 4. The normalized spacial score (nSPS) is 11.9. The molecular formula is C21H18FN3O2. The van der Waals surface area contributed by atoms with Gasteiger partial charge in [0, 0.05) is 24.0 Å². The summed E-state index contributed by atoms with van der Waals surface area (Å²) >= 11 is 0. The Labute approximate surface area is 156 Å². The third-order valence-electron chi connectivity index (χ3n) is 3.79. The van der Waals surface area contributed by atoms with Crippen LogP contribution in [0.4, 0.5) is 4.39 Å². The van der Waals surface area contributed by atoms with Crippen LogP contribution in [0.15, 0.2) is 73.1 Å². The van der Waals surface area contributed by atoms with Gasteiger partial charge in [-0.15, -0.1) is 0 Å². The van der Waals surface area contributed by atoms with Crippen molar-refractivity contribution < 1.29 is 13.9 Å². The molecule has 0 saturated carbocycles. The zero-order chi connectivity index (χ0) is 19.1. The van der Waals surface area contributed by atoms with Gasteiger partial charge in [0.25, 0.3) is 0 Å². The number of carbonyl (C=O) groups excluding carboxylic acids is 1. The molecule has 136 valence electrons. The van der Waals surface area contributed by atoms with Crippen LogP contribution < -0.4 is 10.1 Å². The molecule has 1 amide bonds. The van der Waals surface area contributed by atoms with Crippen LogP contribution in [0.2, 0.25) is 0 Å². The quantitative estimate of drug-likeness (QED) is 0.663. The highest BCUT2D eigenvalue weighted by Crippen LogP contribution is 2.22. The lowest BCUT2D eigenvalue weighted by Gasteiger charge is -2.14. The number of aromatic nitrogens is 2. The topological polar surface area (TPSA) is 64.1 Å². The number of carbonyl (C=O) groups is 1. The minimum absolute atomic E-state index is 0.249. The van der Waals surface area contributed by atoms with Gasteiger partial charge in [0.05, 0.1) is 6.04 Å². The summed E-state index contributed by atoms with van der Waals surface area (Å²) in [6, 6.07) is 15.3. The van der Waals surface area contributed by atoms with Gasteiger partial charge in [-0.05, 0) is 42.8 Å². The fourth-order valence-electron chi connectivity index (χ4n) is 2.41. The predicted octanol–water partition coefficient (Wildman–Crippen LogP) is 4.30. The van der Waals surface area contributed by atoms with E-state index in [0.717, 1.165) is 5.56 Å². The third-order valence-corrected chi connectivity index (χ3v) is 3.79. The van der Waals surface area contributed by atoms with Crippen molar-refractivity contribution in [2.45, 2.75) is 13.0 Å². The van der Waals surface area contributed by atoms with Crippen LogP contribution in [0.5, 0.6) is 11.8 Å². The maximum absolute atomic E-state index is 13.6. The van der Waals surface area contributed by atoms with Crippen LogP contribution >= 0.6 is 0 Å². The second kappa shape index (κ2) is 8.71. The molecule has 1 N–H and O–H groups in total. The van der Waals surface area contributed by atoms with Crippen molar-refractivity contribution in [1.82, 2.24) is 15.3 Å². The second-order valence-corrected chi connectivity index (χ2v) is 5.79. The van der Waals surface area contributed by atoms with Crippen molar-refractivity contribution in [1.29, 1.82) is 0 Å². The van der Waals surface area contributed by atoms with Crippen molar-refractivity contribution in [2.75, 3.05) is 0 Å². The van der Waals surface area contributed by atoms with Crippen LogP contribution in [0.1, 0.15) is 24.1 Å². The molecule has 2 aromatic carbocycles. The van der Waals surface area contributed by atoms with Crippen LogP contribution in [0, 0.1) is 5.82 Å². The summed E-state index contributed by atoms with van der Waals surface area (Å²) in [7, 11) is 0. The summed E-state index contributed by atoms with van der Waals surface area (Å²) in [5.74, 6) is -0.118. The van der Waals surface area contributed by atoms with E-state index in [0.29, 0.717) is 11.3 Å². The fourth-order valence-corrected chi connectivity index (χ4v) is 2.41. The maximum Gasteiger partial charge on any atom is 0.321 e. The van der Waals surface area contributed by atoms with Gasteiger partial charge >= 0.3 is 6.01 Å². The van der Waals surface area contributed by atoms with Crippen molar-refractivity contribution in [3.63, 3.8) is 0 Å². The van der Waals surface area contributed by atoms with Crippen LogP contribution in [-0.2, 0) is 4.79 Å². The number of ether oxygens (including phenoxy) is 1. The third kappa shape index (κ3) is 5.22. The molecule has 5 nitrogen and oxygen atoms in total. The Balaban J connectivity index is 1.63. The SMILES string of the molecule is C[C@H](NC(=O)C=Cc1ccccc1F)c1cccc(Oc2ncccn2)c1. The molecule has 3 rings (SSSR count). The lowest BCUT2D eigenvalue weighted by molar-refractivity contribution is -0.117. The Morgan fingerprint density at radius 3 is 2.67 bits per heavy atom. The van der Waals surface area contributed by atoms with Gasteiger partial charge in [-0.3, -0.25) is 4.79 Å². The maximum atomic E-state index is 13.6. The van der Waals surface area contributed by atoms with E-state index in [4.69, 9.17) is 4.74 Å². The van der Waals surface area contributed by atoms with Crippen molar-refractivity contribution in [3.05, 3.63) is 90.0 Å². The summed E-state index contributed by atoms with van der Waals surface area (Å²) in [6.07, 6.45) is 5.95. The Bertz CT molecular complexity index is 945. The standard InChI is InChI=1S/C21H18FN3O2/c1-15(25-20(26)11-10-16-6-2-3-9-19(16)22)17-7-4-8-18(14-17)27-21-23-12-5-13-24-21/h2-15H,1H3,(H,25,26)/t15-/m0/s1. The first-order valence-electron chi connectivity index (χ1n) is 8.40. The molecule has 0 spiro atoms.